The number of anilines is 1. The lowest BCUT2D eigenvalue weighted by molar-refractivity contribution is -0.386. The Hall–Kier alpha value is -1.63. The van der Waals surface area contributed by atoms with Gasteiger partial charge in [-0.05, 0) is 24.5 Å². The van der Waals surface area contributed by atoms with Crippen molar-refractivity contribution in [3.63, 3.8) is 0 Å². The van der Waals surface area contributed by atoms with Crippen molar-refractivity contribution < 1.29 is 13.3 Å². The van der Waals surface area contributed by atoms with Crippen LogP contribution in [0.2, 0.25) is 0 Å². The minimum absolute atomic E-state index is 0.193. The topological polar surface area (TPSA) is 89.3 Å². The Morgan fingerprint density at radius 3 is 2.50 bits per heavy atom. The maximum atomic E-state index is 11.5. The summed E-state index contributed by atoms with van der Waals surface area (Å²) in [6.07, 6.45) is 1.92. The maximum absolute atomic E-state index is 11.5. The van der Waals surface area contributed by atoms with Crippen LogP contribution in [0.5, 0.6) is 0 Å². The molecule has 1 saturated carbocycles. The van der Waals surface area contributed by atoms with Crippen molar-refractivity contribution in [2.24, 2.45) is 5.92 Å². The van der Waals surface area contributed by atoms with Crippen LogP contribution in [0.15, 0.2) is 23.1 Å². The minimum atomic E-state index is -3.61. The van der Waals surface area contributed by atoms with E-state index in [9.17, 15) is 18.5 Å². The van der Waals surface area contributed by atoms with E-state index in [1.54, 1.807) is 0 Å². The second-order valence-electron chi connectivity index (χ2n) is 4.65. The molecule has 1 aromatic rings. The molecular weight excluding hydrogens is 256 g/mol. The summed E-state index contributed by atoms with van der Waals surface area (Å²) in [5, 5.41) is 14.1. The van der Waals surface area contributed by atoms with E-state index in [4.69, 9.17) is 0 Å². The van der Waals surface area contributed by atoms with Crippen molar-refractivity contribution in [3.8, 4) is 0 Å². The van der Waals surface area contributed by atoms with Gasteiger partial charge in [-0.3, -0.25) is 10.1 Å². The highest BCUT2D eigenvalue weighted by molar-refractivity contribution is 7.90. The Bertz CT molecular complexity index is 597. The fourth-order valence-corrected chi connectivity index (χ4v) is 2.71. The third-order valence-corrected chi connectivity index (χ3v) is 4.16. The highest BCUT2D eigenvalue weighted by atomic mass is 32.2. The average molecular weight is 270 g/mol. The lowest BCUT2D eigenvalue weighted by atomic mass is 10.2. The van der Waals surface area contributed by atoms with Crippen molar-refractivity contribution in [1.29, 1.82) is 0 Å². The molecule has 0 spiro atoms. The standard InChI is InChI=1S/C11H14N2O4S/c1-7-6-9(7)12-8-4-3-5-10(18(2,16)17)11(8)13(14)15/h3-5,7,9,12H,6H2,1-2H3. The molecule has 18 heavy (non-hydrogen) atoms. The molecule has 0 radical (unpaired) electrons. The fourth-order valence-electron chi connectivity index (χ4n) is 1.85. The van der Waals surface area contributed by atoms with Gasteiger partial charge in [-0.1, -0.05) is 13.0 Å². The summed E-state index contributed by atoms with van der Waals surface area (Å²) < 4.78 is 23.1. The molecule has 98 valence electrons. The summed E-state index contributed by atoms with van der Waals surface area (Å²) in [6, 6.07) is 4.50. The highest BCUT2D eigenvalue weighted by Crippen LogP contribution is 2.38. The average Bonchev–Trinajstić information content (AvgIpc) is 2.92. The third-order valence-electron chi connectivity index (χ3n) is 3.03. The number of nitrogens with one attached hydrogen (secondary N) is 1. The first-order valence-electron chi connectivity index (χ1n) is 5.54. The maximum Gasteiger partial charge on any atom is 0.310 e. The van der Waals surface area contributed by atoms with Crippen LogP contribution in [0.1, 0.15) is 13.3 Å². The van der Waals surface area contributed by atoms with Crippen molar-refractivity contribution in [2.45, 2.75) is 24.3 Å². The lowest BCUT2D eigenvalue weighted by Crippen LogP contribution is -2.09. The Morgan fingerprint density at radius 2 is 2.06 bits per heavy atom. The first-order chi connectivity index (χ1) is 8.30. The van der Waals surface area contributed by atoms with Gasteiger partial charge in [-0.2, -0.15) is 0 Å². The number of benzene rings is 1. The van der Waals surface area contributed by atoms with Crippen LogP contribution in [0.4, 0.5) is 11.4 Å². The number of nitro benzene ring substituents is 1. The molecule has 1 aliphatic rings. The van der Waals surface area contributed by atoms with Crippen molar-refractivity contribution in [3.05, 3.63) is 28.3 Å². The SMILES string of the molecule is CC1CC1Nc1cccc(S(C)(=O)=O)c1[N+](=O)[O-]. The zero-order valence-electron chi connectivity index (χ0n) is 10.1. The number of para-hydroxylation sites is 1. The normalized spacial score (nSPS) is 22.6. The zero-order chi connectivity index (χ0) is 13.5. The van der Waals surface area contributed by atoms with Gasteiger partial charge in [0, 0.05) is 12.3 Å². The van der Waals surface area contributed by atoms with Crippen LogP contribution in [0, 0.1) is 16.0 Å². The predicted octanol–water partition coefficient (Wildman–Crippen LogP) is 1.82. The summed E-state index contributed by atoms with van der Waals surface area (Å²) in [5.74, 6) is 0.464. The fraction of sp³-hybridized carbons (Fsp3) is 0.455. The first-order valence-corrected chi connectivity index (χ1v) is 7.44. The Morgan fingerprint density at radius 1 is 1.44 bits per heavy atom. The molecule has 0 aromatic heterocycles. The first kappa shape index (κ1) is 12.8. The zero-order valence-corrected chi connectivity index (χ0v) is 10.9. The predicted molar refractivity (Wildman–Crippen MR) is 67.4 cm³/mol. The molecule has 2 rings (SSSR count). The molecule has 1 aromatic carbocycles. The van der Waals surface area contributed by atoms with E-state index < -0.39 is 14.8 Å². The molecule has 1 fully saturated rings. The molecule has 6 nitrogen and oxygen atoms in total. The lowest BCUT2D eigenvalue weighted by Gasteiger charge is -2.08. The third kappa shape index (κ3) is 2.45. The van der Waals surface area contributed by atoms with E-state index in [2.05, 4.69) is 5.32 Å². The number of nitro groups is 1. The van der Waals surface area contributed by atoms with Gasteiger partial charge in [-0.25, -0.2) is 8.42 Å². The van der Waals surface area contributed by atoms with E-state index in [1.807, 2.05) is 6.92 Å². The van der Waals surface area contributed by atoms with Crippen LogP contribution < -0.4 is 5.32 Å². The van der Waals surface area contributed by atoms with Gasteiger partial charge >= 0.3 is 5.69 Å². The van der Waals surface area contributed by atoms with Crippen LogP contribution in [-0.2, 0) is 9.84 Å². The van der Waals surface area contributed by atoms with Crippen molar-refractivity contribution in [1.82, 2.24) is 0 Å². The van der Waals surface area contributed by atoms with Crippen LogP contribution in [0.3, 0.4) is 0 Å². The van der Waals surface area contributed by atoms with Crippen molar-refractivity contribution >= 4 is 21.2 Å². The highest BCUT2D eigenvalue weighted by Gasteiger charge is 2.35. The molecule has 0 aliphatic heterocycles. The molecule has 2 atom stereocenters. The van der Waals surface area contributed by atoms with E-state index >= 15 is 0 Å². The summed E-state index contributed by atoms with van der Waals surface area (Å²) in [7, 11) is -3.61. The minimum Gasteiger partial charge on any atom is -0.376 e. The van der Waals surface area contributed by atoms with Gasteiger partial charge in [0.25, 0.3) is 0 Å². The molecule has 0 amide bonds. The number of rotatable bonds is 4. The van der Waals surface area contributed by atoms with Gasteiger partial charge in [0.05, 0.1) is 4.92 Å². The monoisotopic (exact) mass is 270 g/mol. The second-order valence-corrected chi connectivity index (χ2v) is 6.63. The Kier molecular flexibility index (Phi) is 3.02. The van der Waals surface area contributed by atoms with Crippen LogP contribution >= 0.6 is 0 Å². The molecule has 0 bridgehead atoms. The van der Waals surface area contributed by atoms with Gasteiger partial charge in [0.2, 0.25) is 0 Å². The van der Waals surface area contributed by atoms with Gasteiger partial charge in [0.1, 0.15) is 10.6 Å². The molecule has 1 N–H and O–H groups in total. The Labute approximate surface area is 105 Å². The number of sulfone groups is 1. The summed E-state index contributed by atoms with van der Waals surface area (Å²) >= 11 is 0. The smallest absolute Gasteiger partial charge is 0.310 e. The van der Waals surface area contributed by atoms with Gasteiger partial charge < -0.3 is 5.32 Å². The van der Waals surface area contributed by atoms with E-state index in [1.165, 1.54) is 18.2 Å². The van der Waals surface area contributed by atoms with E-state index in [-0.39, 0.29) is 22.3 Å². The van der Waals surface area contributed by atoms with Gasteiger partial charge in [0.15, 0.2) is 9.84 Å². The van der Waals surface area contributed by atoms with Gasteiger partial charge in [-0.15, -0.1) is 0 Å². The molecule has 0 heterocycles. The molecule has 1 aliphatic carbocycles. The Balaban J connectivity index is 2.49. The summed E-state index contributed by atoms with van der Waals surface area (Å²) in [6.45, 7) is 2.03. The van der Waals surface area contributed by atoms with E-state index in [0.717, 1.165) is 12.7 Å². The number of hydrogen-bond acceptors (Lipinski definition) is 5. The van der Waals surface area contributed by atoms with Crippen molar-refractivity contribution in [2.75, 3.05) is 11.6 Å². The summed E-state index contributed by atoms with van der Waals surface area (Å²) in [5.41, 5.74) is -0.0867. The molecule has 2 unspecified atom stereocenters. The molecule has 7 heteroatoms. The molecule has 0 saturated heterocycles. The molecular formula is C11H14N2O4S. The quantitative estimate of drug-likeness (QED) is 0.665. The second kappa shape index (κ2) is 4.24. The van der Waals surface area contributed by atoms with E-state index in [0.29, 0.717) is 5.92 Å². The number of hydrogen-bond donors (Lipinski definition) is 1. The largest absolute Gasteiger partial charge is 0.376 e. The summed E-state index contributed by atoms with van der Waals surface area (Å²) in [4.78, 5) is 10.2. The van der Waals surface area contributed by atoms with Crippen LogP contribution in [0.25, 0.3) is 0 Å². The van der Waals surface area contributed by atoms with Crippen LogP contribution in [-0.4, -0.2) is 25.6 Å². The number of nitrogens with zero attached hydrogens (tertiary/aromatic N) is 1.